The van der Waals surface area contributed by atoms with Gasteiger partial charge in [-0.15, -0.1) is 0 Å². The van der Waals surface area contributed by atoms with E-state index in [9.17, 15) is 36.6 Å². The molecule has 192 valence electrons. The molecule has 5 rings (SSSR count). The van der Waals surface area contributed by atoms with E-state index in [-0.39, 0.29) is 40.6 Å². The summed E-state index contributed by atoms with van der Waals surface area (Å²) in [7, 11) is -4.09. The zero-order chi connectivity index (χ0) is 26.4. The van der Waals surface area contributed by atoms with E-state index in [0.717, 1.165) is 6.07 Å². The van der Waals surface area contributed by atoms with E-state index in [1.165, 1.54) is 12.1 Å². The molecule has 3 aliphatic rings. The fourth-order valence-electron chi connectivity index (χ4n) is 5.13. The van der Waals surface area contributed by atoms with E-state index in [4.69, 9.17) is 17.1 Å². The van der Waals surface area contributed by atoms with E-state index < -0.39 is 62.0 Å². The van der Waals surface area contributed by atoms with E-state index in [2.05, 4.69) is 15.3 Å². The number of amides is 1. The first-order valence-electron chi connectivity index (χ1n) is 10.8. The number of halogens is 4. The fraction of sp³-hybridized carbons (Fsp3) is 0.409. The highest BCUT2D eigenvalue weighted by molar-refractivity contribution is 7.92. The molecule has 14 heteroatoms. The van der Waals surface area contributed by atoms with Gasteiger partial charge in [0, 0.05) is 28.3 Å². The van der Waals surface area contributed by atoms with E-state index >= 15 is 0 Å². The fourth-order valence-corrected chi connectivity index (χ4v) is 7.53. The third-order valence-corrected chi connectivity index (χ3v) is 9.66. The van der Waals surface area contributed by atoms with E-state index in [0.29, 0.717) is 18.6 Å². The number of rotatable bonds is 7. The van der Waals surface area contributed by atoms with Crippen LogP contribution in [0.25, 0.3) is 10.4 Å². The standard InChI is InChI=1S/C22H20ClF3N4O5S/c23-15-2-1-10(21(32)29-13-7-16(24)20(26)17(25)8-13)3-18(15)36(34,35)14-5-11-4-12(6-14)22(11,33)19(31)9-28-30-27/h1-3,7-8,11-12,14,19,31,33H,4-6,9H2,(H,29,32). The molecule has 0 aromatic heterocycles. The Hall–Kier alpha value is -2.83. The van der Waals surface area contributed by atoms with E-state index in [1.807, 2.05) is 0 Å². The Morgan fingerprint density at radius 2 is 1.81 bits per heavy atom. The lowest BCUT2D eigenvalue weighted by Crippen LogP contribution is -2.68. The van der Waals surface area contributed by atoms with Gasteiger partial charge in [-0.3, -0.25) is 4.79 Å². The molecular formula is C22H20ClF3N4O5S. The number of hydrogen-bond acceptors (Lipinski definition) is 6. The smallest absolute Gasteiger partial charge is 0.255 e. The molecule has 2 aromatic rings. The van der Waals surface area contributed by atoms with Gasteiger partial charge in [-0.05, 0) is 54.8 Å². The number of azide groups is 1. The zero-order valence-corrected chi connectivity index (χ0v) is 20.0. The van der Waals surface area contributed by atoms with Crippen LogP contribution in [0.3, 0.4) is 0 Å². The van der Waals surface area contributed by atoms with Gasteiger partial charge in [-0.1, -0.05) is 16.7 Å². The maximum absolute atomic E-state index is 13.5. The Morgan fingerprint density at radius 1 is 1.19 bits per heavy atom. The Morgan fingerprint density at radius 3 is 2.39 bits per heavy atom. The van der Waals surface area contributed by atoms with Crippen molar-refractivity contribution in [2.24, 2.45) is 17.0 Å². The lowest BCUT2D eigenvalue weighted by molar-refractivity contribution is -0.228. The van der Waals surface area contributed by atoms with Crippen molar-refractivity contribution >= 4 is 33.0 Å². The quantitative estimate of drug-likeness (QED) is 0.208. The molecule has 0 saturated heterocycles. The average molecular weight is 545 g/mol. The number of hydrogen-bond donors (Lipinski definition) is 3. The number of aliphatic hydroxyl groups excluding tert-OH is 1. The minimum atomic E-state index is -4.09. The molecule has 3 N–H and O–H groups in total. The second-order valence-corrected chi connectivity index (χ2v) is 11.5. The molecule has 3 unspecified atom stereocenters. The summed E-state index contributed by atoms with van der Waals surface area (Å²) in [6.07, 6.45) is -0.804. The first kappa shape index (κ1) is 26.2. The third kappa shape index (κ3) is 4.41. The number of carbonyl (C=O) groups excluding carboxylic acids is 1. The molecule has 3 saturated carbocycles. The van der Waals surface area contributed by atoms with Gasteiger partial charge in [0.1, 0.15) is 0 Å². The summed E-state index contributed by atoms with van der Waals surface area (Å²) in [4.78, 5) is 14.8. The number of carbonyl (C=O) groups is 1. The van der Waals surface area contributed by atoms with Crippen LogP contribution in [-0.4, -0.2) is 48.0 Å². The highest BCUT2D eigenvalue weighted by atomic mass is 35.5. The molecule has 0 aliphatic heterocycles. The molecule has 2 bridgehead atoms. The molecule has 3 aliphatic carbocycles. The normalized spacial score (nSPS) is 25.9. The summed E-state index contributed by atoms with van der Waals surface area (Å²) < 4.78 is 66.9. The summed E-state index contributed by atoms with van der Waals surface area (Å²) in [5.74, 6) is -6.72. The van der Waals surface area contributed by atoms with Gasteiger partial charge in [0.25, 0.3) is 5.91 Å². The Balaban J connectivity index is 1.55. The highest BCUT2D eigenvalue weighted by Gasteiger charge is 2.62. The molecule has 0 spiro atoms. The molecule has 1 amide bonds. The maximum atomic E-state index is 13.5. The van der Waals surface area contributed by atoms with Gasteiger partial charge >= 0.3 is 0 Å². The van der Waals surface area contributed by atoms with Crippen molar-refractivity contribution in [3.63, 3.8) is 0 Å². The van der Waals surface area contributed by atoms with Crippen LogP contribution in [0.5, 0.6) is 0 Å². The minimum absolute atomic E-state index is 0.0174. The largest absolute Gasteiger partial charge is 0.390 e. The molecule has 0 heterocycles. The van der Waals surface area contributed by atoms with Crippen LogP contribution in [0.1, 0.15) is 29.6 Å². The molecular weight excluding hydrogens is 525 g/mol. The van der Waals surface area contributed by atoms with Crippen LogP contribution < -0.4 is 5.32 Å². The summed E-state index contributed by atoms with van der Waals surface area (Å²) in [5.41, 5.74) is 6.34. The molecule has 0 radical (unpaired) electrons. The number of nitrogens with zero attached hydrogens (tertiary/aromatic N) is 3. The first-order chi connectivity index (χ1) is 16.9. The van der Waals surface area contributed by atoms with E-state index in [1.54, 1.807) is 0 Å². The van der Waals surface area contributed by atoms with Gasteiger partial charge < -0.3 is 15.5 Å². The summed E-state index contributed by atoms with van der Waals surface area (Å²) in [6.45, 7) is -0.345. The van der Waals surface area contributed by atoms with Crippen LogP contribution in [0.15, 0.2) is 40.3 Å². The first-order valence-corrected chi connectivity index (χ1v) is 12.7. The van der Waals surface area contributed by atoms with Crippen LogP contribution in [0.4, 0.5) is 18.9 Å². The third-order valence-electron chi connectivity index (χ3n) is 7.00. The van der Waals surface area contributed by atoms with Gasteiger partial charge in [0.05, 0.1) is 33.4 Å². The summed E-state index contributed by atoms with van der Waals surface area (Å²) in [6, 6.07) is 4.60. The lowest BCUT2D eigenvalue weighted by Gasteiger charge is -2.60. The zero-order valence-electron chi connectivity index (χ0n) is 18.4. The predicted molar refractivity (Wildman–Crippen MR) is 122 cm³/mol. The second kappa shape index (κ2) is 9.56. The molecule has 36 heavy (non-hydrogen) atoms. The van der Waals surface area contributed by atoms with Crippen molar-refractivity contribution in [1.29, 1.82) is 0 Å². The molecule has 3 fully saturated rings. The van der Waals surface area contributed by atoms with Crippen LogP contribution >= 0.6 is 11.6 Å². The van der Waals surface area contributed by atoms with Crippen LogP contribution in [-0.2, 0) is 9.84 Å². The average Bonchev–Trinajstić information content (AvgIpc) is 2.85. The number of anilines is 1. The predicted octanol–water partition coefficient (Wildman–Crippen LogP) is 3.98. The van der Waals surface area contributed by atoms with Gasteiger partial charge in [-0.25, -0.2) is 21.6 Å². The van der Waals surface area contributed by atoms with Gasteiger partial charge in [0.2, 0.25) is 0 Å². The highest BCUT2D eigenvalue weighted by Crippen LogP contribution is 2.57. The number of sulfone groups is 1. The van der Waals surface area contributed by atoms with Crippen molar-refractivity contribution in [3.05, 3.63) is 68.8 Å². The summed E-state index contributed by atoms with van der Waals surface area (Å²) >= 11 is 6.15. The van der Waals surface area contributed by atoms with Crippen LogP contribution in [0, 0.1) is 29.3 Å². The number of aliphatic hydroxyl groups is 2. The maximum Gasteiger partial charge on any atom is 0.255 e. The van der Waals surface area contributed by atoms with Crippen molar-refractivity contribution < 1.29 is 36.6 Å². The molecule has 2 aromatic carbocycles. The molecule has 3 atom stereocenters. The van der Waals surface area contributed by atoms with Gasteiger partial charge in [-0.2, -0.15) is 0 Å². The van der Waals surface area contributed by atoms with Crippen molar-refractivity contribution in [2.75, 3.05) is 11.9 Å². The van der Waals surface area contributed by atoms with Gasteiger partial charge in [0.15, 0.2) is 27.3 Å². The topological polar surface area (TPSA) is 152 Å². The number of fused-ring (bicyclic) bond motifs is 2. The van der Waals surface area contributed by atoms with Crippen molar-refractivity contribution in [2.45, 2.75) is 41.1 Å². The van der Waals surface area contributed by atoms with Crippen LogP contribution in [0.2, 0.25) is 5.02 Å². The molecule has 9 nitrogen and oxygen atoms in total. The Labute approximate surface area is 208 Å². The SMILES string of the molecule is [N-]=[N+]=NCC(O)C1(O)C2CC1CC(S(=O)(=O)c1cc(C(=O)Nc3cc(F)c(F)c(F)c3)ccc1Cl)C2. The minimum Gasteiger partial charge on any atom is -0.390 e. The van der Waals surface area contributed by atoms with Crippen molar-refractivity contribution in [1.82, 2.24) is 0 Å². The Bertz CT molecular complexity index is 1350. The second-order valence-electron chi connectivity index (χ2n) is 8.94. The number of nitrogens with one attached hydrogen (secondary N) is 1. The number of benzene rings is 2. The lowest BCUT2D eigenvalue weighted by atomic mass is 9.52. The summed E-state index contributed by atoms with van der Waals surface area (Å²) in [5, 5.41) is 25.6. The Kier molecular flexibility index (Phi) is 6.97. The van der Waals surface area contributed by atoms with Crippen molar-refractivity contribution in [3.8, 4) is 0 Å². The monoisotopic (exact) mass is 544 g/mol.